The average Bonchev–Trinajstić information content (AvgIpc) is 2.40. The predicted octanol–water partition coefficient (Wildman–Crippen LogP) is 3.35. The molecule has 0 aliphatic carbocycles. The van der Waals surface area contributed by atoms with Crippen molar-refractivity contribution in [3.8, 4) is 11.5 Å². The first-order valence-corrected chi connectivity index (χ1v) is 5.76. The molecular formula is C14H14N2O3-2. The highest BCUT2D eigenvalue weighted by Crippen LogP contribution is 2.25. The third-order valence-corrected chi connectivity index (χ3v) is 2.64. The van der Waals surface area contributed by atoms with E-state index in [9.17, 15) is 10.4 Å². The van der Waals surface area contributed by atoms with E-state index in [2.05, 4.69) is 0 Å². The summed E-state index contributed by atoms with van der Waals surface area (Å²) in [4.78, 5) is 0. The van der Waals surface area contributed by atoms with Gasteiger partial charge in [-0.05, 0) is 62.6 Å². The zero-order valence-corrected chi connectivity index (χ0v) is 10.7. The zero-order chi connectivity index (χ0) is 13.8. The van der Waals surface area contributed by atoms with Crippen molar-refractivity contribution in [3.05, 3.63) is 58.9 Å². The van der Waals surface area contributed by atoms with Crippen LogP contribution in [-0.2, 0) is 0 Å². The van der Waals surface area contributed by atoms with Gasteiger partial charge in [0.15, 0.2) is 0 Å². The molecule has 0 atom stereocenters. The maximum Gasteiger partial charge on any atom is 0.127 e. The van der Waals surface area contributed by atoms with Gasteiger partial charge in [0.1, 0.15) is 11.5 Å². The molecule has 0 unspecified atom stereocenters. The molecule has 2 rings (SSSR count). The summed E-state index contributed by atoms with van der Waals surface area (Å²) in [6, 6.07) is 13.6. The van der Waals surface area contributed by atoms with Gasteiger partial charge < -0.3 is 25.3 Å². The summed E-state index contributed by atoms with van der Waals surface area (Å²) in [5, 5.41) is 23.7. The van der Waals surface area contributed by atoms with Crippen LogP contribution in [0.1, 0.15) is 0 Å². The molecule has 0 aromatic heterocycles. The topological polar surface area (TPSA) is 61.8 Å². The van der Waals surface area contributed by atoms with Crippen LogP contribution in [0.25, 0.3) is 0 Å². The Labute approximate surface area is 111 Å². The summed E-state index contributed by atoms with van der Waals surface area (Å²) < 4.78 is 5.61. The van der Waals surface area contributed by atoms with Gasteiger partial charge in [0, 0.05) is 11.4 Å². The summed E-state index contributed by atoms with van der Waals surface area (Å²) in [5.41, 5.74) is 1.13. The molecular weight excluding hydrogens is 244 g/mol. The molecule has 5 heteroatoms. The number of nitrogens with zero attached hydrogens (tertiary/aromatic N) is 2. The molecule has 0 saturated carbocycles. The van der Waals surface area contributed by atoms with Crippen LogP contribution in [0.2, 0.25) is 0 Å². The molecule has 0 saturated heterocycles. The maximum atomic E-state index is 11.1. The molecule has 0 aliphatic rings. The second kappa shape index (κ2) is 5.60. The van der Waals surface area contributed by atoms with Crippen molar-refractivity contribution >= 4 is 11.4 Å². The third kappa shape index (κ3) is 3.37. The molecule has 100 valence electrons. The lowest BCUT2D eigenvalue weighted by atomic mass is 10.3. The van der Waals surface area contributed by atoms with Crippen molar-refractivity contribution in [1.29, 1.82) is 0 Å². The third-order valence-electron chi connectivity index (χ3n) is 2.64. The van der Waals surface area contributed by atoms with Gasteiger partial charge in [0.25, 0.3) is 0 Å². The number of rotatable bonds is 4. The second-order valence-electron chi connectivity index (χ2n) is 4.08. The first kappa shape index (κ1) is 13.2. The minimum absolute atomic E-state index is 0.565. The number of hydrogen-bond donors (Lipinski definition) is 0. The van der Waals surface area contributed by atoms with Gasteiger partial charge in [-0.1, -0.05) is 0 Å². The van der Waals surface area contributed by atoms with Gasteiger partial charge in [-0.3, -0.25) is 0 Å². The number of anilines is 2. The molecule has 0 fully saturated rings. The molecule has 2 aromatic carbocycles. The minimum atomic E-state index is 0.565. The standard InChI is InChI=1S/C14H14N2O3/c1-15(17)11-3-7-13(8-4-11)19-14-9-5-12(6-10-14)16(2)18/h3-10H,1-2H3/q-2. The molecule has 0 bridgehead atoms. The maximum absolute atomic E-state index is 11.1. The van der Waals surface area contributed by atoms with Gasteiger partial charge in [0.05, 0.1) is 0 Å². The van der Waals surface area contributed by atoms with Crippen LogP contribution in [0.5, 0.6) is 11.5 Å². The Balaban J connectivity index is 2.08. The highest BCUT2D eigenvalue weighted by Gasteiger charge is 1.98. The number of benzene rings is 2. The molecule has 0 spiro atoms. The van der Waals surface area contributed by atoms with Crippen molar-refractivity contribution in [1.82, 2.24) is 0 Å². The van der Waals surface area contributed by atoms with E-state index < -0.39 is 0 Å². The average molecular weight is 258 g/mol. The summed E-state index contributed by atoms with van der Waals surface area (Å²) in [6.07, 6.45) is 0. The number of hydroxylamine groups is 2. The first-order valence-electron chi connectivity index (χ1n) is 5.76. The van der Waals surface area contributed by atoms with Gasteiger partial charge in [-0.15, -0.1) is 0 Å². The van der Waals surface area contributed by atoms with E-state index in [1.54, 1.807) is 48.5 Å². The van der Waals surface area contributed by atoms with E-state index in [-0.39, 0.29) is 0 Å². The molecule has 0 amide bonds. The van der Waals surface area contributed by atoms with Crippen LogP contribution >= 0.6 is 0 Å². The minimum Gasteiger partial charge on any atom is -0.758 e. The van der Waals surface area contributed by atoms with E-state index in [0.29, 0.717) is 22.9 Å². The molecule has 0 radical (unpaired) electrons. The fraction of sp³-hybridized carbons (Fsp3) is 0.143. The number of ether oxygens (including phenoxy) is 1. The smallest absolute Gasteiger partial charge is 0.127 e. The van der Waals surface area contributed by atoms with Crippen LogP contribution in [-0.4, -0.2) is 14.1 Å². The number of hydrogen-bond acceptors (Lipinski definition) is 5. The fourth-order valence-corrected chi connectivity index (χ4v) is 1.58. The Kier molecular flexibility index (Phi) is 3.89. The molecule has 5 nitrogen and oxygen atoms in total. The van der Waals surface area contributed by atoms with Gasteiger partial charge in [0.2, 0.25) is 0 Å². The summed E-state index contributed by atoms with van der Waals surface area (Å²) in [7, 11) is 2.88. The van der Waals surface area contributed by atoms with Crippen LogP contribution in [0, 0.1) is 10.4 Å². The molecule has 0 N–H and O–H groups in total. The summed E-state index contributed by atoms with van der Waals surface area (Å²) in [6.45, 7) is 0. The SMILES string of the molecule is CN([O-])c1ccc(Oc2ccc(N(C)[O-])cc2)cc1. The Morgan fingerprint density at radius 1 is 0.684 bits per heavy atom. The summed E-state index contributed by atoms with van der Waals surface area (Å²) >= 11 is 0. The Bertz CT molecular complexity index is 472. The highest BCUT2D eigenvalue weighted by atomic mass is 16.5. The van der Waals surface area contributed by atoms with Gasteiger partial charge in [-0.2, -0.15) is 0 Å². The lowest BCUT2D eigenvalue weighted by Gasteiger charge is -2.25. The van der Waals surface area contributed by atoms with E-state index in [1.807, 2.05) is 0 Å². The van der Waals surface area contributed by atoms with E-state index >= 15 is 0 Å². The quantitative estimate of drug-likeness (QED) is 0.787. The van der Waals surface area contributed by atoms with Gasteiger partial charge in [-0.25, -0.2) is 0 Å². The van der Waals surface area contributed by atoms with Crippen molar-refractivity contribution in [2.24, 2.45) is 0 Å². The Morgan fingerprint density at radius 3 is 1.26 bits per heavy atom. The second-order valence-corrected chi connectivity index (χ2v) is 4.08. The van der Waals surface area contributed by atoms with Crippen molar-refractivity contribution < 1.29 is 4.74 Å². The van der Waals surface area contributed by atoms with Crippen molar-refractivity contribution in [2.75, 3.05) is 24.2 Å². The molecule has 19 heavy (non-hydrogen) atoms. The fourth-order valence-electron chi connectivity index (χ4n) is 1.58. The van der Waals surface area contributed by atoms with Crippen LogP contribution in [0.4, 0.5) is 11.4 Å². The van der Waals surface area contributed by atoms with E-state index in [4.69, 9.17) is 4.74 Å². The van der Waals surface area contributed by atoms with Crippen LogP contribution < -0.4 is 14.9 Å². The molecule has 2 aromatic rings. The van der Waals surface area contributed by atoms with E-state index in [0.717, 1.165) is 10.1 Å². The van der Waals surface area contributed by atoms with Crippen LogP contribution in [0.15, 0.2) is 48.5 Å². The highest BCUT2D eigenvalue weighted by molar-refractivity contribution is 5.51. The summed E-state index contributed by atoms with van der Waals surface area (Å²) in [5.74, 6) is 1.27. The predicted molar refractivity (Wildman–Crippen MR) is 76.5 cm³/mol. The lowest BCUT2D eigenvalue weighted by molar-refractivity contribution is 0.483. The molecule has 0 heterocycles. The first-order chi connectivity index (χ1) is 9.06. The molecule has 0 aliphatic heterocycles. The Morgan fingerprint density at radius 2 is 1.00 bits per heavy atom. The lowest BCUT2D eigenvalue weighted by Crippen LogP contribution is -2.05. The van der Waals surface area contributed by atoms with E-state index in [1.165, 1.54) is 14.1 Å². The monoisotopic (exact) mass is 258 g/mol. The van der Waals surface area contributed by atoms with Crippen molar-refractivity contribution in [3.63, 3.8) is 0 Å². The van der Waals surface area contributed by atoms with Crippen molar-refractivity contribution in [2.45, 2.75) is 0 Å². The van der Waals surface area contributed by atoms with Gasteiger partial charge >= 0.3 is 0 Å². The normalized spacial score (nSPS) is 10.1. The zero-order valence-electron chi connectivity index (χ0n) is 10.7. The largest absolute Gasteiger partial charge is 0.758 e. The Hall–Kier alpha value is -2.24. The van der Waals surface area contributed by atoms with Crippen LogP contribution in [0.3, 0.4) is 0 Å².